The summed E-state index contributed by atoms with van der Waals surface area (Å²) in [6, 6.07) is 7.45. The second-order valence-corrected chi connectivity index (χ2v) is 7.07. The fourth-order valence-electron chi connectivity index (χ4n) is 2.71. The molecule has 0 bridgehead atoms. The van der Waals surface area contributed by atoms with Crippen LogP contribution in [0.2, 0.25) is 5.02 Å². The molecule has 9 heteroatoms. The van der Waals surface area contributed by atoms with Crippen LogP contribution in [0.5, 0.6) is 5.75 Å². The van der Waals surface area contributed by atoms with E-state index in [2.05, 4.69) is 10.1 Å². The largest absolute Gasteiger partial charge is 0.489 e. The van der Waals surface area contributed by atoms with Crippen LogP contribution in [0.25, 0.3) is 6.08 Å². The minimum absolute atomic E-state index is 0.00957. The minimum atomic E-state index is -0.642. The highest BCUT2D eigenvalue weighted by atomic mass is 35.5. The number of carbonyl (C=O) groups is 3. The van der Waals surface area contributed by atoms with Gasteiger partial charge in [0, 0.05) is 0 Å². The van der Waals surface area contributed by atoms with Crippen LogP contribution >= 0.6 is 11.6 Å². The predicted molar refractivity (Wildman–Crippen MR) is 109 cm³/mol. The number of furan rings is 1. The summed E-state index contributed by atoms with van der Waals surface area (Å²) in [7, 11) is 1.23. The molecule has 3 amide bonds. The third-order valence-electron chi connectivity index (χ3n) is 4.49. The van der Waals surface area contributed by atoms with Gasteiger partial charge in [-0.1, -0.05) is 24.6 Å². The zero-order chi connectivity index (χ0) is 21.8. The number of halogens is 1. The lowest BCUT2D eigenvalue weighted by molar-refractivity contribution is -0.123. The molecule has 0 aliphatic carbocycles. The fraction of sp³-hybridized carbons (Fsp3) is 0.286. The van der Waals surface area contributed by atoms with Crippen LogP contribution in [0.1, 0.15) is 42.1 Å². The van der Waals surface area contributed by atoms with Crippen LogP contribution in [-0.2, 0) is 16.1 Å². The van der Waals surface area contributed by atoms with Crippen molar-refractivity contribution in [1.82, 2.24) is 10.2 Å². The summed E-state index contributed by atoms with van der Waals surface area (Å²) in [6.45, 7) is 3.83. The number of nitrogens with one attached hydrogen (secondary N) is 1. The van der Waals surface area contributed by atoms with Crippen molar-refractivity contribution in [3.05, 3.63) is 58.1 Å². The summed E-state index contributed by atoms with van der Waals surface area (Å²) in [5, 5.41) is 2.94. The number of nitrogens with zero attached hydrogens (tertiary/aromatic N) is 1. The first-order valence-corrected chi connectivity index (χ1v) is 9.68. The molecule has 2 heterocycles. The number of amides is 3. The number of urea groups is 1. The van der Waals surface area contributed by atoms with Crippen LogP contribution in [0.3, 0.4) is 0 Å². The Balaban J connectivity index is 1.74. The number of esters is 1. The zero-order valence-electron chi connectivity index (χ0n) is 16.7. The van der Waals surface area contributed by atoms with E-state index < -0.39 is 17.9 Å². The van der Waals surface area contributed by atoms with Crippen molar-refractivity contribution in [2.45, 2.75) is 32.9 Å². The standard InChI is InChI=1S/C21H21ClN2O6/c1-4-12(2)29-17-7-5-13(9-15(17)22)10-16-19(25)24(21(27)23-16)11-14-6-8-18(30-14)20(26)28-3/h5-10,12H,4,11H2,1-3H3,(H,23,27)/b16-10-/t12-/m0/s1. The molecule has 0 spiro atoms. The van der Waals surface area contributed by atoms with Crippen LogP contribution < -0.4 is 10.1 Å². The number of methoxy groups -OCH3 is 1. The monoisotopic (exact) mass is 432 g/mol. The Hall–Kier alpha value is -3.26. The van der Waals surface area contributed by atoms with Crippen molar-refractivity contribution in [3.63, 3.8) is 0 Å². The van der Waals surface area contributed by atoms with E-state index in [1.165, 1.54) is 25.3 Å². The van der Waals surface area contributed by atoms with Gasteiger partial charge in [-0.15, -0.1) is 0 Å². The number of carbonyl (C=O) groups excluding carboxylic acids is 3. The highest BCUT2D eigenvalue weighted by molar-refractivity contribution is 6.32. The smallest absolute Gasteiger partial charge is 0.373 e. The third kappa shape index (κ3) is 4.65. The molecule has 1 aliphatic heterocycles. The van der Waals surface area contributed by atoms with Gasteiger partial charge in [0.25, 0.3) is 5.91 Å². The van der Waals surface area contributed by atoms with E-state index in [9.17, 15) is 14.4 Å². The molecule has 3 rings (SSSR count). The lowest BCUT2D eigenvalue weighted by atomic mass is 10.1. The van der Waals surface area contributed by atoms with Crippen molar-refractivity contribution in [2.75, 3.05) is 7.11 Å². The average molecular weight is 433 g/mol. The van der Waals surface area contributed by atoms with Crippen LogP contribution in [0.15, 0.2) is 40.4 Å². The first-order chi connectivity index (χ1) is 14.3. The van der Waals surface area contributed by atoms with E-state index in [-0.39, 0.29) is 29.9 Å². The summed E-state index contributed by atoms with van der Waals surface area (Å²) < 4.78 is 15.6. The van der Waals surface area contributed by atoms with Gasteiger partial charge in [-0.05, 0) is 49.2 Å². The van der Waals surface area contributed by atoms with Gasteiger partial charge in [-0.25, -0.2) is 9.59 Å². The van der Waals surface area contributed by atoms with Gasteiger partial charge in [0.2, 0.25) is 5.76 Å². The van der Waals surface area contributed by atoms with Gasteiger partial charge in [0.05, 0.1) is 24.8 Å². The highest BCUT2D eigenvalue weighted by Gasteiger charge is 2.34. The topological polar surface area (TPSA) is 98.1 Å². The van der Waals surface area contributed by atoms with E-state index in [0.717, 1.165) is 11.3 Å². The minimum Gasteiger partial charge on any atom is -0.489 e. The van der Waals surface area contributed by atoms with E-state index in [1.807, 2.05) is 13.8 Å². The van der Waals surface area contributed by atoms with Crippen molar-refractivity contribution >= 4 is 35.6 Å². The number of ether oxygens (including phenoxy) is 2. The molecule has 0 radical (unpaired) electrons. The number of rotatable bonds is 7. The van der Waals surface area contributed by atoms with E-state index >= 15 is 0 Å². The molecule has 1 aromatic carbocycles. The maximum Gasteiger partial charge on any atom is 0.373 e. The van der Waals surface area contributed by atoms with Gasteiger partial charge >= 0.3 is 12.0 Å². The second kappa shape index (κ2) is 9.04. The highest BCUT2D eigenvalue weighted by Crippen LogP contribution is 2.28. The Morgan fingerprint density at radius 2 is 2.07 bits per heavy atom. The molecule has 1 aliphatic rings. The summed E-state index contributed by atoms with van der Waals surface area (Å²) in [4.78, 5) is 37.3. The Morgan fingerprint density at radius 3 is 2.73 bits per heavy atom. The Morgan fingerprint density at radius 1 is 1.30 bits per heavy atom. The molecule has 8 nitrogen and oxygen atoms in total. The SMILES string of the molecule is CC[C@H](C)Oc1ccc(/C=C2\NC(=O)N(Cc3ccc(C(=O)OC)o3)C2=O)cc1Cl. The molecular weight excluding hydrogens is 412 g/mol. The van der Waals surface area contributed by atoms with Crippen LogP contribution in [0.4, 0.5) is 4.79 Å². The fourth-order valence-corrected chi connectivity index (χ4v) is 2.95. The van der Waals surface area contributed by atoms with Crippen molar-refractivity contribution in [1.29, 1.82) is 0 Å². The molecule has 30 heavy (non-hydrogen) atoms. The molecule has 2 aromatic rings. The summed E-state index contributed by atoms with van der Waals surface area (Å²) >= 11 is 6.27. The van der Waals surface area contributed by atoms with E-state index in [1.54, 1.807) is 18.2 Å². The molecule has 158 valence electrons. The first-order valence-electron chi connectivity index (χ1n) is 9.30. The Labute approximate surface area is 178 Å². The molecule has 1 aromatic heterocycles. The van der Waals surface area contributed by atoms with Crippen LogP contribution in [0, 0.1) is 0 Å². The number of imide groups is 1. The van der Waals surface area contributed by atoms with E-state index in [4.69, 9.17) is 20.8 Å². The number of hydrogen-bond acceptors (Lipinski definition) is 6. The second-order valence-electron chi connectivity index (χ2n) is 6.66. The normalized spacial score (nSPS) is 16.0. The molecule has 1 saturated heterocycles. The predicted octanol–water partition coefficient (Wildman–Crippen LogP) is 3.99. The van der Waals surface area contributed by atoms with Crippen LogP contribution in [-0.4, -0.2) is 36.0 Å². The molecule has 1 N–H and O–H groups in total. The maximum absolute atomic E-state index is 12.6. The molecule has 1 atom stereocenters. The van der Waals surface area contributed by atoms with Gasteiger partial charge < -0.3 is 19.2 Å². The van der Waals surface area contributed by atoms with Gasteiger partial charge in [0.1, 0.15) is 17.2 Å². The molecule has 0 saturated carbocycles. The lowest BCUT2D eigenvalue weighted by Gasteiger charge is -2.14. The molecule has 1 fully saturated rings. The maximum atomic E-state index is 12.6. The average Bonchev–Trinajstić information content (AvgIpc) is 3.30. The quantitative estimate of drug-likeness (QED) is 0.403. The lowest BCUT2D eigenvalue weighted by Crippen LogP contribution is -2.30. The molecule has 0 unspecified atom stereocenters. The van der Waals surface area contributed by atoms with Gasteiger partial charge in [0.15, 0.2) is 0 Å². The third-order valence-corrected chi connectivity index (χ3v) is 4.79. The first kappa shape index (κ1) is 21.4. The Kier molecular flexibility index (Phi) is 6.47. The summed E-state index contributed by atoms with van der Waals surface area (Å²) in [5.41, 5.74) is 0.736. The number of benzene rings is 1. The number of hydrogen-bond donors (Lipinski definition) is 1. The summed E-state index contributed by atoms with van der Waals surface area (Å²) in [5.74, 6) is -0.348. The van der Waals surface area contributed by atoms with Crippen molar-refractivity contribution in [3.8, 4) is 5.75 Å². The van der Waals surface area contributed by atoms with Crippen molar-refractivity contribution in [2.24, 2.45) is 0 Å². The summed E-state index contributed by atoms with van der Waals surface area (Å²) in [6.07, 6.45) is 2.40. The van der Waals surface area contributed by atoms with Crippen molar-refractivity contribution < 1.29 is 28.3 Å². The van der Waals surface area contributed by atoms with Gasteiger partial charge in [-0.3, -0.25) is 9.69 Å². The van der Waals surface area contributed by atoms with Gasteiger partial charge in [-0.2, -0.15) is 0 Å². The zero-order valence-corrected chi connectivity index (χ0v) is 17.5. The van der Waals surface area contributed by atoms with E-state index in [0.29, 0.717) is 16.3 Å². The Bertz CT molecular complexity index is 1010. The molecular formula is C21H21ClN2O6.